The summed E-state index contributed by atoms with van der Waals surface area (Å²) in [6.45, 7) is 9.51. The van der Waals surface area contributed by atoms with E-state index in [2.05, 4.69) is 45.9 Å². The molecule has 0 aromatic heterocycles. The fourth-order valence-corrected chi connectivity index (χ4v) is 2.12. The van der Waals surface area contributed by atoms with Crippen molar-refractivity contribution in [2.45, 2.75) is 45.4 Å². The highest BCUT2D eigenvalue weighted by atomic mass is 16.5. The topological polar surface area (TPSA) is 35.2 Å². The van der Waals surface area contributed by atoms with Crippen LogP contribution in [0.5, 0.6) is 5.75 Å². The van der Waals surface area contributed by atoms with E-state index in [1.165, 1.54) is 11.1 Å². The third-order valence-corrected chi connectivity index (χ3v) is 3.39. The van der Waals surface area contributed by atoms with Gasteiger partial charge in [0.2, 0.25) is 0 Å². The lowest BCUT2D eigenvalue weighted by molar-refractivity contribution is 0.386. The number of benzene rings is 1. The molecule has 96 valence electrons. The van der Waals surface area contributed by atoms with E-state index >= 15 is 0 Å². The van der Waals surface area contributed by atoms with E-state index in [1.807, 2.05) is 0 Å². The molecule has 0 aliphatic carbocycles. The quantitative estimate of drug-likeness (QED) is 0.848. The first-order valence-corrected chi connectivity index (χ1v) is 6.31. The fourth-order valence-electron chi connectivity index (χ4n) is 2.12. The molecule has 0 fully saturated rings. The zero-order chi connectivity index (χ0) is 13.1. The molecule has 0 spiro atoms. The normalized spacial score (nSPS) is 11.9. The second kappa shape index (κ2) is 5.54. The molecule has 2 nitrogen and oxygen atoms in total. The van der Waals surface area contributed by atoms with Crippen molar-refractivity contribution in [3.63, 3.8) is 0 Å². The Kier molecular flexibility index (Phi) is 4.58. The molecule has 1 aromatic carbocycles. The Balaban J connectivity index is 3.16. The highest BCUT2D eigenvalue weighted by Gasteiger charge is 2.23. The minimum absolute atomic E-state index is 0.0651. The van der Waals surface area contributed by atoms with Gasteiger partial charge in [-0.15, -0.1) is 0 Å². The van der Waals surface area contributed by atoms with Crippen LogP contribution >= 0.6 is 0 Å². The second-order valence-electron chi connectivity index (χ2n) is 5.54. The molecule has 0 saturated heterocycles. The Hall–Kier alpha value is -1.02. The third-order valence-electron chi connectivity index (χ3n) is 3.39. The first kappa shape index (κ1) is 14.0. The van der Waals surface area contributed by atoms with E-state index in [-0.39, 0.29) is 5.41 Å². The molecule has 1 aromatic rings. The van der Waals surface area contributed by atoms with Crippen molar-refractivity contribution in [3.05, 3.63) is 29.3 Å². The van der Waals surface area contributed by atoms with Crippen LogP contribution in [-0.4, -0.2) is 13.7 Å². The molecule has 0 amide bonds. The molecule has 0 bridgehead atoms. The monoisotopic (exact) mass is 235 g/mol. The summed E-state index contributed by atoms with van der Waals surface area (Å²) in [6.07, 6.45) is 0.963. The summed E-state index contributed by atoms with van der Waals surface area (Å²) in [5, 5.41) is 0. The second-order valence-corrected chi connectivity index (χ2v) is 5.54. The standard InChI is InChI=1S/C15H25NO/c1-11(2)12-6-7-13(14(10-12)17-5)15(3,4)8-9-16/h6-7,10-11H,8-9,16H2,1-5H3. The largest absolute Gasteiger partial charge is 0.496 e. The van der Waals surface area contributed by atoms with Gasteiger partial charge in [0.15, 0.2) is 0 Å². The molecule has 0 atom stereocenters. The van der Waals surface area contributed by atoms with E-state index in [9.17, 15) is 0 Å². The van der Waals surface area contributed by atoms with Gasteiger partial charge >= 0.3 is 0 Å². The van der Waals surface area contributed by atoms with Crippen molar-refractivity contribution in [1.29, 1.82) is 0 Å². The lowest BCUT2D eigenvalue weighted by Crippen LogP contribution is -2.22. The van der Waals surface area contributed by atoms with Crippen LogP contribution in [0.4, 0.5) is 0 Å². The van der Waals surface area contributed by atoms with E-state index in [4.69, 9.17) is 10.5 Å². The van der Waals surface area contributed by atoms with Crippen LogP contribution in [0.1, 0.15) is 51.2 Å². The molecule has 17 heavy (non-hydrogen) atoms. The van der Waals surface area contributed by atoms with Crippen LogP contribution in [0.25, 0.3) is 0 Å². The molecule has 0 aliphatic heterocycles. The van der Waals surface area contributed by atoms with Crippen molar-refractivity contribution < 1.29 is 4.74 Å². The van der Waals surface area contributed by atoms with Crippen molar-refractivity contribution in [2.24, 2.45) is 5.73 Å². The molecule has 0 aliphatic rings. The zero-order valence-corrected chi connectivity index (χ0v) is 11.7. The Morgan fingerprint density at radius 2 is 1.94 bits per heavy atom. The molecule has 2 N–H and O–H groups in total. The third kappa shape index (κ3) is 3.22. The van der Waals surface area contributed by atoms with Crippen LogP contribution in [-0.2, 0) is 5.41 Å². The van der Waals surface area contributed by atoms with E-state index in [0.29, 0.717) is 12.5 Å². The van der Waals surface area contributed by atoms with Gasteiger partial charge in [-0.3, -0.25) is 0 Å². The molecule has 0 radical (unpaired) electrons. The van der Waals surface area contributed by atoms with Crippen LogP contribution < -0.4 is 10.5 Å². The maximum absolute atomic E-state index is 5.68. The molecule has 0 saturated carbocycles. The molecule has 0 unspecified atom stereocenters. The molecule has 2 heteroatoms. The van der Waals surface area contributed by atoms with E-state index in [1.54, 1.807) is 7.11 Å². The zero-order valence-electron chi connectivity index (χ0n) is 11.7. The van der Waals surface area contributed by atoms with E-state index < -0.39 is 0 Å². The fraction of sp³-hybridized carbons (Fsp3) is 0.600. The minimum Gasteiger partial charge on any atom is -0.496 e. The summed E-state index contributed by atoms with van der Waals surface area (Å²) in [6, 6.07) is 6.53. The highest BCUT2D eigenvalue weighted by molar-refractivity contribution is 5.42. The summed E-state index contributed by atoms with van der Waals surface area (Å²) >= 11 is 0. The van der Waals surface area contributed by atoms with E-state index in [0.717, 1.165) is 12.2 Å². The molecular weight excluding hydrogens is 210 g/mol. The van der Waals surface area contributed by atoms with Crippen molar-refractivity contribution in [1.82, 2.24) is 0 Å². The van der Waals surface area contributed by atoms with Crippen LogP contribution in [0.2, 0.25) is 0 Å². The van der Waals surface area contributed by atoms with Gasteiger partial charge in [-0.25, -0.2) is 0 Å². The van der Waals surface area contributed by atoms with Crippen LogP contribution in [0.3, 0.4) is 0 Å². The highest BCUT2D eigenvalue weighted by Crippen LogP contribution is 2.35. The predicted molar refractivity (Wildman–Crippen MR) is 73.8 cm³/mol. The molecule has 0 heterocycles. The smallest absolute Gasteiger partial charge is 0.122 e. The van der Waals surface area contributed by atoms with Gasteiger partial charge in [0.1, 0.15) is 5.75 Å². The summed E-state index contributed by atoms with van der Waals surface area (Å²) in [5.41, 5.74) is 8.31. The van der Waals surface area contributed by atoms with Crippen molar-refractivity contribution in [3.8, 4) is 5.75 Å². The summed E-state index contributed by atoms with van der Waals surface area (Å²) in [5.74, 6) is 1.50. The summed E-state index contributed by atoms with van der Waals surface area (Å²) < 4.78 is 5.53. The predicted octanol–water partition coefficient (Wildman–Crippen LogP) is 3.45. The number of rotatable bonds is 5. The van der Waals surface area contributed by atoms with Gasteiger partial charge in [-0.2, -0.15) is 0 Å². The summed E-state index contributed by atoms with van der Waals surface area (Å²) in [4.78, 5) is 0. The Morgan fingerprint density at radius 1 is 1.29 bits per heavy atom. The average molecular weight is 235 g/mol. The van der Waals surface area contributed by atoms with Crippen molar-refractivity contribution >= 4 is 0 Å². The van der Waals surface area contributed by atoms with Gasteiger partial charge < -0.3 is 10.5 Å². The maximum atomic E-state index is 5.68. The number of hydrogen-bond acceptors (Lipinski definition) is 2. The first-order valence-electron chi connectivity index (χ1n) is 6.31. The first-order chi connectivity index (χ1) is 7.92. The molecular formula is C15H25NO. The number of ether oxygens (including phenoxy) is 1. The Bertz CT molecular complexity index is 369. The average Bonchev–Trinajstić information content (AvgIpc) is 2.28. The number of nitrogens with two attached hydrogens (primary N) is 1. The number of methoxy groups -OCH3 is 1. The Labute approximate surface area is 105 Å². The van der Waals surface area contributed by atoms with Crippen LogP contribution in [0, 0.1) is 0 Å². The lowest BCUT2D eigenvalue weighted by atomic mass is 9.80. The van der Waals surface area contributed by atoms with Gasteiger partial charge in [0.05, 0.1) is 7.11 Å². The Morgan fingerprint density at radius 3 is 2.41 bits per heavy atom. The van der Waals surface area contributed by atoms with Gasteiger partial charge in [-0.05, 0) is 41.5 Å². The van der Waals surface area contributed by atoms with Gasteiger partial charge in [0, 0.05) is 0 Å². The van der Waals surface area contributed by atoms with Crippen LogP contribution in [0.15, 0.2) is 18.2 Å². The lowest BCUT2D eigenvalue weighted by Gasteiger charge is -2.27. The molecule has 1 rings (SSSR count). The van der Waals surface area contributed by atoms with Gasteiger partial charge in [-0.1, -0.05) is 39.8 Å². The SMILES string of the molecule is COc1cc(C(C)C)ccc1C(C)(C)CCN. The minimum atomic E-state index is 0.0651. The number of hydrogen-bond donors (Lipinski definition) is 1. The maximum Gasteiger partial charge on any atom is 0.122 e. The van der Waals surface area contributed by atoms with Crippen molar-refractivity contribution in [2.75, 3.05) is 13.7 Å². The van der Waals surface area contributed by atoms with Gasteiger partial charge in [0.25, 0.3) is 0 Å². The summed E-state index contributed by atoms with van der Waals surface area (Å²) in [7, 11) is 1.74.